The molecule has 0 aromatic carbocycles. The maximum absolute atomic E-state index is 11.8. The summed E-state index contributed by atoms with van der Waals surface area (Å²) in [5, 5.41) is 10.2. The zero-order chi connectivity index (χ0) is 12.8. The summed E-state index contributed by atoms with van der Waals surface area (Å²) in [4.78, 5) is 24.4. The van der Waals surface area contributed by atoms with Crippen molar-refractivity contribution in [1.82, 2.24) is 16.0 Å². The van der Waals surface area contributed by atoms with E-state index in [1.807, 2.05) is 17.5 Å². The molecule has 0 aliphatic carbocycles. The van der Waals surface area contributed by atoms with Crippen molar-refractivity contribution in [1.29, 1.82) is 0 Å². The van der Waals surface area contributed by atoms with Crippen molar-refractivity contribution in [3.63, 3.8) is 0 Å². The molecule has 0 unspecified atom stereocenters. The highest BCUT2D eigenvalue weighted by Gasteiger charge is 2.22. The third kappa shape index (κ3) is 3.82. The summed E-state index contributed by atoms with van der Waals surface area (Å²) < 4.78 is 0. The summed E-state index contributed by atoms with van der Waals surface area (Å²) in [6, 6.07) is 3.46. The van der Waals surface area contributed by atoms with Gasteiger partial charge in [-0.05, 0) is 37.4 Å². The van der Waals surface area contributed by atoms with E-state index in [2.05, 4.69) is 16.0 Å². The topological polar surface area (TPSA) is 70.2 Å². The number of nitrogens with one attached hydrogen (secondary N) is 3. The number of urea groups is 1. The van der Waals surface area contributed by atoms with E-state index in [9.17, 15) is 9.59 Å². The van der Waals surface area contributed by atoms with Crippen LogP contribution in [0, 0.1) is 5.92 Å². The molecule has 0 saturated carbocycles. The van der Waals surface area contributed by atoms with E-state index < -0.39 is 6.03 Å². The van der Waals surface area contributed by atoms with Gasteiger partial charge in [0.2, 0.25) is 5.91 Å². The van der Waals surface area contributed by atoms with Crippen molar-refractivity contribution >= 4 is 23.3 Å². The second-order valence-corrected chi connectivity index (χ2v) is 5.31. The Bertz CT molecular complexity index is 399. The van der Waals surface area contributed by atoms with Crippen molar-refractivity contribution < 1.29 is 9.59 Å². The molecule has 0 radical (unpaired) electrons. The number of piperidine rings is 1. The van der Waals surface area contributed by atoms with E-state index >= 15 is 0 Å². The van der Waals surface area contributed by atoms with Gasteiger partial charge in [0.25, 0.3) is 0 Å². The Morgan fingerprint density at radius 2 is 2.17 bits per heavy atom. The quantitative estimate of drug-likeness (QED) is 0.767. The molecule has 1 aromatic rings. The summed E-state index contributed by atoms with van der Waals surface area (Å²) in [6.45, 7) is 2.15. The molecule has 3 N–H and O–H groups in total. The Hall–Kier alpha value is -1.40. The molecular weight excluding hydrogens is 250 g/mol. The summed E-state index contributed by atoms with van der Waals surface area (Å²) in [6.07, 6.45) is 1.59. The first-order valence-corrected chi connectivity index (χ1v) is 6.95. The van der Waals surface area contributed by atoms with Gasteiger partial charge in [0.1, 0.15) is 0 Å². The lowest BCUT2D eigenvalue weighted by molar-refractivity contribution is -0.124. The standard InChI is InChI=1S/C12H17N3O2S/c16-11(9-3-5-13-6-4-9)15-12(17)14-8-10-2-1-7-18-10/h1-2,7,9,13H,3-6,8H2,(H2,14,15,16,17). The number of hydrogen-bond acceptors (Lipinski definition) is 4. The molecule has 0 spiro atoms. The fourth-order valence-electron chi connectivity index (χ4n) is 1.92. The van der Waals surface area contributed by atoms with Crippen LogP contribution in [0.1, 0.15) is 17.7 Å². The van der Waals surface area contributed by atoms with Crippen LogP contribution in [0.3, 0.4) is 0 Å². The smallest absolute Gasteiger partial charge is 0.321 e. The van der Waals surface area contributed by atoms with E-state index in [4.69, 9.17) is 0 Å². The van der Waals surface area contributed by atoms with Crippen molar-refractivity contribution in [2.75, 3.05) is 13.1 Å². The molecule has 6 heteroatoms. The molecule has 5 nitrogen and oxygen atoms in total. The Labute approximate surface area is 110 Å². The molecule has 0 atom stereocenters. The Balaban J connectivity index is 1.71. The predicted octanol–water partition coefficient (Wildman–Crippen LogP) is 1.07. The van der Waals surface area contributed by atoms with Crippen molar-refractivity contribution in [2.45, 2.75) is 19.4 Å². The minimum absolute atomic E-state index is 0.0428. The molecule has 98 valence electrons. The van der Waals surface area contributed by atoms with Gasteiger partial charge in [-0.3, -0.25) is 10.1 Å². The molecule has 1 aromatic heterocycles. The molecular formula is C12H17N3O2S. The molecule has 1 saturated heterocycles. The lowest BCUT2D eigenvalue weighted by Crippen LogP contribution is -2.44. The minimum Gasteiger partial charge on any atom is -0.333 e. The number of imide groups is 1. The fourth-order valence-corrected chi connectivity index (χ4v) is 2.57. The molecule has 0 bridgehead atoms. The normalized spacial score (nSPS) is 16.2. The summed E-state index contributed by atoms with van der Waals surface area (Å²) in [7, 11) is 0. The third-order valence-electron chi connectivity index (χ3n) is 2.95. The highest BCUT2D eigenvalue weighted by atomic mass is 32.1. The van der Waals surface area contributed by atoms with Crippen LogP contribution < -0.4 is 16.0 Å². The van der Waals surface area contributed by atoms with Gasteiger partial charge in [0.05, 0.1) is 6.54 Å². The summed E-state index contributed by atoms with van der Waals surface area (Å²) in [5.74, 6) is -0.209. The first-order valence-electron chi connectivity index (χ1n) is 6.07. The first-order chi connectivity index (χ1) is 8.75. The van der Waals surface area contributed by atoms with Gasteiger partial charge in [-0.1, -0.05) is 6.07 Å². The monoisotopic (exact) mass is 267 g/mol. The van der Waals surface area contributed by atoms with E-state index in [1.54, 1.807) is 11.3 Å². The fraction of sp³-hybridized carbons (Fsp3) is 0.500. The number of thiophene rings is 1. The minimum atomic E-state index is -0.410. The number of carbonyl (C=O) groups excluding carboxylic acids is 2. The van der Waals surface area contributed by atoms with Crippen molar-refractivity contribution in [3.05, 3.63) is 22.4 Å². The van der Waals surface area contributed by atoms with E-state index in [0.29, 0.717) is 6.54 Å². The lowest BCUT2D eigenvalue weighted by Gasteiger charge is -2.21. The average Bonchev–Trinajstić information content (AvgIpc) is 2.90. The summed E-state index contributed by atoms with van der Waals surface area (Å²) in [5.41, 5.74) is 0. The van der Waals surface area contributed by atoms with E-state index in [1.165, 1.54) is 0 Å². The number of amides is 3. The highest BCUT2D eigenvalue weighted by molar-refractivity contribution is 7.09. The molecule has 1 fully saturated rings. The largest absolute Gasteiger partial charge is 0.333 e. The van der Waals surface area contributed by atoms with Gasteiger partial charge in [-0.15, -0.1) is 11.3 Å². The first kappa shape index (κ1) is 13.0. The average molecular weight is 267 g/mol. The summed E-state index contributed by atoms with van der Waals surface area (Å²) >= 11 is 1.58. The SMILES string of the molecule is O=C(NCc1cccs1)NC(=O)C1CCNCC1. The van der Waals surface area contributed by atoms with E-state index in [0.717, 1.165) is 30.8 Å². The third-order valence-corrected chi connectivity index (χ3v) is 3.83. The molecule has 18 heavy (non-hydrogen) atoms. The van der Waals surface area contributed by atoms with Crippen LogP contribution in [0.15, 0.2) is 17.5 Å². The van der Waals surface area contributed by atoms with Crippen molar-refractivity contribution in [3.8, 4) is 0 Å². The second kappa shape index (κ2) is 6.51. The molecule has 1 aliphatic rings. The number of rotatable bonds is 3. The maximum atomic E-state index is 11.8. The number of carbonyl (C=O) groups is 2. The Morgan fingerprint density at radius 3 is 2.83 bits per heavy atom. The van der Waals surface area contributed by atoms with Crippen LogP contribution in [0.2, 0.25) is 0 Å². The van der Waals surface area contributed by atoms with Crippen LogP contribution in [0.25, 0.3) is 0 Å². The maximum Gasteiger partial charge on any atom is 0.321 e. The second-order valence-electron chi connectivity index (χ2n) is 4.28. The van der Waals surface area contributed by atoms with Crippen LogP contribution in [0.4, 0.5) is 4.79 Å². The van der Waals surface area contributed by atoms with Crippen molar-refractivity contribution in [2.24, 2.45) is 5.92 Å². The van der Waals surface area contributed by atoms with Gasteiger partial charge in [-0.2, -0.15) is 0 Å². The van der Waals surface area contributed by atoms with Gasteiger partial charge in [0, 0.05) is 10.8 Å². The van der Waals surface area contributed by atoms with E-state index in [-0.39, 0.29) is 11.8 Å². The van der Waals surface area contributed by atoms with Crippen LogP contribution in [0.5, 0.6) is 0 Å². The number of hydrogen-bond donors (Lipinski definition) is 3. The van der Waals surface area contributed by atoms with Gasteiger partial charge in [0.15, 0.2) is 0 Å². The van der Waals surface area contributed by atoms with Crippen LogP contribution in [-0.2, 0) is 11.3 Å². The molecule has 2 heterocycles. The molecule has 3 amide bonds. The Kier molecular flexibility index (Phi) is 4.72. The van der Waals surface area contributed by atoms with Gasteiger partial charge in [-0.25, -0.2) is 4.79 Å². The zero-order valence-electron chi connectivity index (χ0n) is 10.1. The predicted molar refractivity (Wildman–Crippen MR) is 70.3 cm³/mol. The zero-order valence-corrected chi connectivity index (χ0v) is 10.9. The van der Waals surface area contributed by atoms with Gasteiger partial charge < -0.3 is 10.6 Å². The highest BCUT2D eigenvalue weighted by Crippen LogP contribution is 2.11. The van der Waals surface area contributed by atoms with Crippen LogP contribution in [-0.4, -0.2) is 25.0 Å². The van der Waals surface area contributed by atoms with Crippen LogP contribution >= 0.6 is 11.3 Å². The lowest BCUT2D eigenvalue weighted by atomic mass is 9.97. The Morgan fingerprint density at radius 1 is 1.39 bits per heavy atom. The molecule has 1 aliphatic heterocycles. The molecule has 2 rings (SSSR count). The van der Waals surface area contributed by atoms with Gasteiger partial charge >= 0.3 is 6.03 Å².